The van der Waals surface area contributed by atoms with E-state index in [0.717, 1.165) is 18.9 Å². The highest BCUT2D eigenvalue weighted by Crippen LogP contribution is 2.04. The molecule has 0 atom stereocenters. The third kappa shape index (κ3) is 4.31. The van der Waals surface area contributed by atoms with Crippen molar-refractivity contribution in [3.63, 3.8) is 0 Å². The highest BCUT2D eigenvalue weighted by Gasteiger charge is 2.05. The summed E-state index contributed by atoms with van der Waals surface area (Å²) < 4.78 is 1.97. The van der Waals surface area contributed by atoms with Crippen LogP contribution in [0, 0.1) is 0 Å². The van der Waals surface area contributed by atoms with E-state index in [4.69, 9.17) is 0 Å². The molecular weight excluding hydrogens is 200 g/mol. The van der Waals surface area contributed by atoms with Gasteiger partial charge in [-0.15, -0.1) is 0 Å². The zero-order valence-electron chi connectivity index (χ0n) is 10.7. The smallest absolute Gasteiger partial charge is 0.141 e. The third-order valence-corrected chi connectivity index (χ3v) is 2.63. The van der Waals surface area contributed by atoms with E-state index in [9.17, 15) is 0 Å². The molecule has 92 valence electrons. The predicted octanol–water partition coefficient (Wildman–Crippen LogP) is 2.53. The Morgan fingerprint density at radius 3 is 2.81 bits per heavy atom. The van der Waals surface area contributed by atoms with Crippen LogP contribution in [0.1, 0.15) is 58.3 Å². The minimum atomic E-state index is 0.388. The van der Waals surface area contributed by atoms with Crippen LogP contribution < -0.4 is 5.32 Å². The van der Waals surface area contributed by atoms with Gasteiger partial charge in [-0.1, -0.05) is 26.2 Å². The van der Waals surface area contributed by atoms with Crippen molar-refractivity contribution in [1.29, 1.82) is 0 Å². The van der Waals surface area contributed by atoms with E-state index in [1.54, 1.807) is 6.33 Å². The summed E-state index contributed by atoms with van der Waals surface area (Å²) in [6, 6.07) is 0.388. The van der Waals surface area contributed by atoms with Gasteiger partial charge in [-0.25, -0.2) is 9.67 Å². The van der Waals surface area contributed by atoms with Crippen LogP contribution in [0.3, 0.4) is 0 Å². The second-order valence-corrected chi connectivity index (χ2v) is 4.45. The zero-order valence-corrected chi connectivity index (χ0v) is 10.7. The molecular formula is C12H24N4. The molecule has 0 radical (unpaired) electrons. The van der Waals surface area contributed by atoms with Gasteiger partial charge >= 0.3 is 0 Å². The lowest BCUT2D eigenvalue weighted by molar-refractivity contribution is 0.486. The molecule has 4 nitrogen and oxygen atoms in total. The molecule has 0 aliphatic heterocycles. The molecule has 0 aliphatic rings. The van der Waals surface area contributed by atoms with Gasteiger partial charge in [0.1, 0.15) is 12.2 Å². The van der Waals surface area contributed by atoms with Crippen molar-refractivity contribution in [2.24, 2.45) is 0 Å². The molecule has 0 amide bonds. The summed E-state index contributed by atoms with van der Waals surface area (Å²) in [6.07, 6.45) is 6.84. The van der Waals surface area contributed by atoms with Crippen molar-refractivity contribution < 1.29 is 0 Å². The van der Waals surface area contributed by atoms with Crippen LogP contribution in [0.4, 0.5) is 0 Å². The van der Waals surface area contributed by atoms with E-state index >= 15 is 0 Å². The van der Waals surface area contributed by atoms with Gasteiger partial charge in [-0.05, 0) is 26.8 Å². The number of hydrogen-bond acceptors (Lipinski definition) is 3. The lowest BCUT2D eigenvalue weighted by atomic mass is 10.2. The molecule has 16 heavy (non-hydrogen) atoms. The van der Waals surface area contributed by atoms with Gasteiger partial charge in [0.25, 0.3) is 0 Å². The second kappa shape index (κ2) is 7.39. The molecule has 1 aromatic heterocycles. The summed E-state index contributed by atoms with van der Waals surface area (Å²) in [5.74, 6) is 1.03. The molecule has 1 aromatic rings. The SMILES string of the molecule is CCCCCCNCc1ncnn1C(C)C. The highest BCUT2D eigenvalue weighted by molar-refractivity contribution is 4.85. The summed E-state index contributed by atoms with van der Waals surface area (Å²) in [6.45, 7) is 8.38. The Morgan fingerprint density at radius 1 is 1.31 bits per heavy atom. The van der Waals surface area contributed by atoms with Crippen LogP contribution >= 0.6 is 0 Å². The average Bonchev–Trinajstić information content (AvgIpc) is 2.71. The number of aromatic nitrogens is 3. The zero-order chi connectivity index (χ0) is 11.8. The standard InChI is InChI=1S/C12H24N4/c1-4-5-6-7-8-13-9-12-14-10-15-16(12)11(2)3/h10-11,13H,4-9H2,1-3H3. The van der Waals surface area contributed by atoms with Crippen LogP contribution in [0.5, 0.6) is 0 Å². The van der Waals surface area contributed by atoms with Gasteiger partial charge in [0.15, 0.2) is 0 Å². The molecule has 0 aliphatic carbocycles. The molecule has 0 fully saturated rings. The Labute approximate surface area is 98.5 Å². The van der Waals surface area contributed by atoms with Crippen molar-refractivity contribution >= 4 is 0 Å². The first-order valence-corrected chi connectivity index (χ1v) is 6.34. The van der Waals surface area contributed by atoms with Gasteiger partial charge < -0.3 is 5.32 Å². The minimum absolute atomic E-state index is 0.388. The molecule has 1 N–H and O–H groups in total. The quantitative estimate of drug-likeness (QED) is 0.690. The summed E-state index contributed by atoms with van der Waals surface area (Å²) >= 11 is 0. The average molecular weight is 224 g/mol. The highest BCUT2D eigenvalue weighted by atomic mass is 15.3. The normalized spacial score (nSPS) is 11.2. The lowest BCUT2D eigenvalue weighted by Crippen LogP contribution is -2.19. The Bertz CT molecular complexity index is 280. The molecule has 0 spiro atoms. The van der Waals surface area contributed by atoms with Crippen molar-refractivity contribution in [3.8, 4) is 0 Å². The molecule has 1 rings (SSSR count). The summed E-state index contributed by atoms with van der Waals surface area (Å²) in [7, 11) is 0. The maximum atomic E-state index is 4.26. The van der Waals surface area contributed by atoms with Crippen molar-refractivity contribution in [1.82, 2.24) is 20.1 Å². The first-order valence-electron chi connectivity index (χ1n) is 6.34. The van der Waals surface area contributed by atoms with Crippen LogP contribution in [-0.4, -0.2) is 21.3 Å². The largest absolute Gasteiger partial charge is 0.310 e. The van der Waals surface area contributed by atoms with Gasteiger partial charge in [-0.3, -0.25) is 0 Å². The van der Waals surface area contributed by atoms with E-state index < -0.39 is 0 Å². The van der Waals surface area contributed by atoms with E-state index in [1.165, 1.54) is 25.7 Å². The van der Waals surface area contributed by atoms with E-state index in [0.29, 0.717) is 6.04 Å². The van der Waals surface area contributed by atoms with Crippen molar-refractivity contribution in [3.05, 3.63) is 12.2 Å². The van der Waals surface area contributed by atoms with Crippen molar-refractivity contribution in [2.75, 3.05) is 6.54 Å². The second-order valence-electron chi connectivity index (χ2n) is 4.45. The predicted molar refractivity (Wildman–Crippen MR) is 66.3 cm³/mol. The fourth-order valence-electron chi connectivity index (χ4n) is 1.71. The minimum Gasteiger partial charge on any atom is -0.310 e. The van der Waals surface area contributed by atoms with E-state index in [-0.39, 0.29) is 0 Å². The lowest BCUT2D eigenvalue weighted by Gasteiger charge is -2.09. The maximum absolute atomic E-state index is 4.26. The number of hydrogen-bond donors (Lipinski definition) is 1. The molecule has 0 unspecified atom stereocenters. The van der Waals surface area contributed by atoms with Crippen LogP contribution in [-0.2, 0) is 6.54 Å². The summed E-state index contributed by atoms with van der Waals surface area (Å²) in [4.78, 5) is 4.26. The van der Waals surface area contributed by atoms with Crippen LogP contribution in [0.25, 0.3) is 0 Å². The Balaban J connectivity index is 2.19. The van der Waals surface area contributed by atoms with Crippen LogP contribution in [0.2, 0.25) is 0 Å². The fraction of sp³-hybridized carbons (Fsp3) is 0.833. The Hall–Kier alpha value is -0.900. The summed E-state index contributed by atoms with van der Waals surface area (Å²) in [5, 5.41) is 7.63. The van der Waals surface area contributed by atoms with Gasteiger partial charge in [0.05, 0.1) is 6.54 Å². The number of nitrogens with zero attached hydrogens (tertiary/aromatic N) is 3. The summed E-state index contributed by atoms with van der Waals surface area (Å²) in [5.41, 5.74) is 0. The third-order valence-electron chi connectivity index (χ3n) is 2.63. The molecule has 1 heterocycles. The molecule has 4 heteroatoms. The van der Waals surface area contributed by atoms with E-state index in [2.05, 4.69) is 36.2 Å². The van der Waals surface area contributed by atoms with Crippen molar-refractivity contribution in [2.45, 2.75) is 59.0 Å². The molecule has 0 aromatic carbocycles. The molecule has 0 bridgehead atoms. The van der Waals surface area contributed by atoms with Gasteiger partial charge in [0, 0.05) is 6.04 Å². The monoisotopic (exact) mass is 224 g/mol. The fourth-order valence-corrected chi connectivity index (χ4v) is 1.71. The number of nitrogens with one attached hydrogen (secondary N) is 1. The number of rotatable bonds is 8. The topological polar surface area (TPSA) is 42.7 Å². The first-order chi connectivity index (χ1) is 7.75. The molecule has 0 saturated carbocycles. The Kier molecular flexibility index (Phi) is 6.08. The number of unbranched alkanes of at least 4 members (excludes halogenated alkanes) is 3. The van der Waals surface area contributed by atoms with Gasteiger partial charge in [-0.2, -0.15) is 5.10 Å². The molecule has 0 saturated heterocycles. The first kappa shape index (κ1) is 13.2. The van der Waals surface area contributed by atoms with Gasteiger partial charge in [0.2, 0.25) is 0 Å². The van der Waals surface area contributed by atoms with Crippen LogP contribution in [0.15, 0.2) is 6.33 Å². The Morgan fingerprint density at radius 2 is 2.12 bits per heavy atom. The van der Waals surface area contributed by atoms with E-state index in [1.807, 2.05) is 4.68 Å². The maximum Gasteiger partial charge on any atom is 0.141 e.